The molecule has 0 fully saturated rings. The summed E-state index contributed by atoms with van der Waals surface area (Å²) in [6, 6.07) is 0. The van der Waals surface area contributed by atoms with Gasteiger partial charge in [0.05, 0.1) is 5.56 Å². The molecule has 0 aromatic carbocycles. The van der Waals surface area contributed by atoms with Crippen LogP contribution in [0.1, 0.15) is 17.6 Å². The maximum absolute atomic E-state index is 12.5. The lowest BCUT2D eigenvalue weighted by atomic mass is 10.2. The zero-order chi connectivity index (χ0) is 10.0. The molecule has 0 saturated carbocycles. The highest BCUT2D eigenvalue weighted by molar-refractivity contribution is 14.1. The Kier molecular flexibility index (Phi) is 4.76. The summed E-state index contributed by atoms with van der Waals surface area (Å²) in [4.78, 5) is 3.90. The van der Waals surface area contributed by atoms with Crippen LogP contribution < -0.4 is 0 Å². The van der Waals surface area contributed by atoms with Crippen molar-refractivity contribution in [2.24, 2.45) is 0 Å². The van der Waals surface area contributed by atoms with Crippen molar-refractivity contribution in [2.75, 3.05) is 0 Å². The van der Waals surface area contributed by atoms with Crippen molar-refractivity contribution in [3.05, 3.63) is 24.6 Å². The van der Waals surface area contributed by atoms with E-state index in [1.807, 2.05) is 45.2 Å². The van der Waals surface area contributed by atoms with Crippen molar-refractivity contribution in [1.82, 2.24) is 4.98 Å². The molecule has 1 nitrogen and oxygen atoms in total. The molecule has 0 saturated heterocycles. The Bertz CT molecular complexity index is 320. The van der Waals surface area contributed by atoms with E-state index in [0.29, 0.717) is 12.6 Å². The smallest absolute Gasteiger partial charge is 0.249 e. The number of pyridine rings is 1. The number of nitrogens with zero attached hydrogens (tertiary/aromatic N) is 1. The molecule has 0 spiro atoms. The predicted octanol–water partition coefficient (Wildman–Crippen LogP) is 4.12. The fourth-order valence-corrected chi connectivity index (χ4v) is 3.73. The second kappa shape index (κ2) is 5.15. The molecule has 0 aliphatic heterocycles. The molecular weight excluding hydrogens is 470 g/mol. The topological polar surface area (TPSA) is 12.9 Å². The molecule has 1 aromatic heterocycles. The van der Waals surface area contributed by atoms with Crippen molar-refractivity contribution in [1.29, 1.82) is 0 Å². The zero-order valence-corrected chi connectivity index (χ0v) is 12.1. The molecule has 6 heteroatoms. The first-order valence-corrected chi connectivity index (χ1v) is 6.52. The van der Waals surface area contributed by atoms with Crippen LogP contribution in [-0.4, -0.2) is 4.98 Å². The minimum absolute atomic E-state index is 0.0400. The van der Waals surface area contributed by atoms with E-state index in [9.17, 15) is 8.78 Å². The van der Waals surface area contributed by atoms with Gasteiger partial charge >= 0.3 is 0 Å². The van der Waals surface area contributed by atoms with Gasteiger partial charge in [-0.05, 0) is 50.7 Å². The van der Waals surface area contributed by atoms with E-state index in [-0.39, 0.29) is 5.56 Å². The van der Waals surface area contributed by atoms with Crippen molar-refractivity contribution >= 4 is 61.1 Å². The average Bonchev–Trinajstić information content (AvgIpc) is 2.04. The van der Waals surface area contributed by atoms with Crippen molar-refractivity contribution < 1.29 is 8.78 Å². The summed E-state index contributed by atoms with van der Waals surface area (Å²) in [5, 5.41) is 0.551. The number of hydrogen-bond donors (Lipinski definition) is 0. The third kappa shape index (κ3) is 2.71. The van der Waals surface area contributed by atoms with E-state index >= 15 is 0 Å². The molecule has 0 aliphatic carbocycles. The highest BCUT2D eigenvalue weighted by Gasteiger charge is 2.18. The number of rotatable bonds is 2. The first-order valence-electron chi connectivity index (χ1n) is 3.24. The molecule has 0 amide bonds. The summed E-state index contributed by atoms with van der Waals surface area (Å²) < 4.78 is 26.1. The molecule has 1 rings (SSSR count). The summed E-state index contributed by atoms with van der Waals surface area (Å²) in [5.74, 6) is 0. The quantitative estimate of drug-likeness (QED) is 0.358. The standard InChI is InChI=1S/C7H4BrF2I2N/c8-1-3-2-13-7(12)4(5(3)11)6(9)10/h2,6H,1H2. The van der Waals surface area contributed by atoms with Gasteiger partial charge in [-0.15, -0.1) is 0 Å². The van der Waals surface area contributed by atoms with Gasteiger partial charge in [-0.3, -0.25) is 0 Å². The van der Waals surface area contributed by atoms with E-state index < -0.39 is 6.43 Å². The van der Waals surface area contributed by atoms with Crippen LogP contribution >= 0.6 is 61.1 Å². The molecule has 0 bridgehead atoms. The van der Waals surface area contributed by atoms with E-state index in [0.717, 1.165) is 5.56 Å². The van der Waals surface area contributed by atoms with Crippen LogP contribution in [0.15, 0.2) is 6.20 Å². The molecule has 0 unspecified atom stereocenters. The molecule has 13 heavy (non-hydrogen) atoms. The van der Waals surface area contributed by atoms with Gasteiger partial charge in [-0.1, -0.05) is 15.9 Å². The van der Waals surface area contributed by atoms with Crippen LogP contribution in [0.4, 0.5) is 8.78 Å². The second-order valence-electron chi connectivity index (χ2n) is 2.24. The van der Waals surface area contributed by atoms with Gasteiger partial charge in [0.25, 0.3) is 6.43 Å². The second-order valence-corrected chi connectivity index (χ2v) is 4.90. The lowest BCUT2D eigenvalue weighted by Gasteiger charge is -2.08. The number of hydrogen-bond acceptors (Lipinski definition) is 1. The monoisotopic (exact) mass is 473 g/mol. The minimum atomic E-state index is -2.45. The first-order chi connectivity index (χ1) is 6.07. The average molecular weight is 474 g/mol. The maximum Gasteiger partial charge on any atom is 0.267 e. The Morgan fingerprint density at radius 3 is 2.54 bits per heavy atom. The van der Waals surface area contributed by atoms with E-state index in [4.69, 9.17) is 0 Å². The summed E-state index contributed by atoms with van der Waals surface area (Å²) in [7, 11) is 0. The molecular formula is C7H4BrF2I2N. The van der Waals surface area contributed by atoms with Crippen LogP contribution in [0, 0.1) is 7.27 Å². The Balaban J connectivity index is 3.30. The van der Waals surface area contributed by atoms with Crippen LogP contribution in [0.3, 0.4) is 0 Å². The molecule has 0 N–H and O–H groups in total. The van der Waals surface area contributed by atoms with Gasteiger partial charge in [0.1, 0.15) is 3.70 Å². The summed E-state index contributed by atoms with van der Waals surface area (Å²) in [6.45, 7) is 0. The zero-order valence-electron chi connectivity index (χ0n) is 6.20. The third-order valence-electron chi connectivity index (χ3n) is 1.44. The van der Waals surface area contributed by atoms with Crippen molar-refractivity contribution in [2.45, 2.75) is 11.8 Å². The van der Waals surface area contributed by atoms with E-state index in [2.05, 4.69) is 20.9 Å². The Morgan fingerprint density at radius 2 is 2.08 bits per heavy atom. The summed E-state index contributed by atoms with van der Waals surface area (Å²) in [6.07, 6.45) is -0.838. The molecule has 0 aliphatic rings. The predicted molar refractivity (Wildman–Crippen MR) is 67.3 cm³/mol. The SMILES string of the molecule is FC(F)c1c(I)ncc(CBr)c1I. The Morgan fingerprint density at radius 1 is 1.46 bits per heavy atom. The lowest BCUT2D eigenvalue weighted by Crippen LogP contribution is -2.00. The van der Waals surface area contributed by atoms with Crippen LogP contribution in [0.2, 0.25) is 0 Å². The summed E-state index contributed by atoms with van der Waals surface area (Å²) >= 11 is 6.97. The van der Waals surface area contributed by atoms with Crippen molar-refractivity contribution in [3.63, 3.8) is 0 Å². The lowest BCUT2D eigenvalue weighted by molar-refractivity contribution is 0.148. The van der Waals surface area contributed by atoms with E-state index in [1.165, 1.54) is 0 Å². The summed E-state index contributed by atoms with van der Waals surface area (Å²) in [5.41, 5.74) is 0.842. The molecule has 0 radical (unpaired) electrons. The number of alkyl halides is 3. The molecule has 1 heterocycles. The van der Waals surface area contributed by atoms with Gasteiger partial charge in [0, 0.05) is 15.1 Å². The number of aromatic nitrogens is 1. The van der Waals surface area contributed by atoms with Crippen molar-refractivity contribution in [3.8, 4) is 0 Å². The highest BCUT2D eigenvalue weighted by atomic mass is 127. The fraction of sp³-hybridized carbons (Fsp3) is 0.286. The van der Waals surface area contributed by atoms with Gasteiger partial charge in [-0.25, -0.2) is 13.8 Å². The van der Waals surface area contributed by atoms with Crippen LogP contribution in [0.25, 0.3) is 0 Å². The van der Waals surface area contributed by atoms with Gasteiger partial charge in [0.15, 0.2) is 0 Å². The van der Waals surface area contributed by atoms with Gasteiger partial charge in [-0.2, -0.15) is 0 Å². The highest BCUT2D eigenvalue weighted by Crippen LogP contribution is 2.30. The maximum atomic E-state index is 12.5. The normalized spacial score (nSPS) is 10.9. The fourth-order valence-electron chi connectivity index (χ4n) is 0.803. The molecule has 0 atom stereocenters. The Labute approximate surface area is 110 Å². The van der Waals surface area contributed by atoms with Crippen LogP contribution in [-0.2, 0) is 5.33 Å². The minimum Gasteiger partial charge on any atom is -0.249 e. The third-order valence-corrected chi connectivity index (χ3v) is 4.17. The molecule has 72 valence electrons. The van der Waals surface area contributed by atoms with E-state index in [1.54, 1.807) is 6.20 Å². The number of halogens is 5. The van der Waals surface area contributed by atoms with Gasteiger partial charge in [0.2, 0.25) is 0 Å². The van der Waals surface area contributed by atoms with Gasteiger partial charge < -0.3 is 0 Å². The van der Waals surface area contributed by atoms with Crippen LogP contribution in [0.5, 0.6) is 0 Å². The Hall–Kier alpha value is 0.950. The first kappa shape index (κ1) is 12.0. The largest absolute Gasteiger partial charge is 0.267 e. The molecule has 1 aromatic rings.